The van der Waals surface area contributed by atoms with Gasteiger partial charge in [0.2, 0.25) is 0 Å². The summed E-state index contributed by atoms with van der Waals surface area (Å²) in [4.78, 5) is 22.4. The minimum absolute atomic E-state index is 0.232. The van der Waals surface area contributed by atoms with E-state index in [2.05, 4.69) is 26.6 Å². The number of carboxylic acid groups (broad SMARTS) is 1. The van der Waals surface area contributed by atoms with Crippen LogP contribution in [-0.2, 0) is 16.1 Å². The highest BCUT2D eigenvalue weighted by molar-refractivity contribution is 9.10. The molecule has 1 fully saturated rings. The molecule has 1 saturated heterocycles. The van der Waals surface area contributed by atoms with E-state index in [0.717, 1.165) is 10.0 Å². The maximum Gasteiger partial charge on any atom is 0.332 e. The van der Waals surface area contributed by atoms with Gasteiger partial charge in [0.05, 0.1) is 6.10 Å². The molecule has 1 aromatic rings. The summed E-state index contributed by atoms with van der Waals surface area (Å²) in [5.74, 6) is -0.947. The maximum atomic E-state index is 11.7. The molecule has 0 bridgehead atoms. The molecule has 0 spiro atoms. The van der Waals surface area contributed by atoms with Crippen LogP contribution in [0.25, 0.3) is 0 Å². The molecular formula is C14H17BrN2O4. The van der Waals surface area contributed by atoms with Crippen LogP contribution in [0.2, 0.25) is 0 Å². The summed E-state index contributed by atoms with van der Waals surface area (Å²) >= 11 is 3.35. The Hall–Kier alpha value is -1.60. The first-order valence-electron chi connectivity index (χ1n) is 6.69. The summed E-state index contributed by atoms with van der Waals surface area (Å²) in [7, 11) is 0. The standard InChI is InChI=1S/C14H17BrN2O4/c15-10-3-1-9(2-4-10)7-16-14(20)17-8-11-5-6-12(21-11)13(18)19/h1-4,11-12H,5-8H2,(H,18,19)(H2,16,17,20). The number of carbonyl (C=O) groups excluding carboxylic acids is 1. The van der Waals surface area contributed by atoms with E-state index < -0.39 is 12.1 Å². The smallest absolute Gasteiger partial charge is 0.332 e. The lowest BCUT2D eigenvalue weighted by molar-refractivity contribution is -0.149. The Kier molecular flexibility index (Phi) is 5.58. The summed E-state index contributed by atoms with van der Waals surface area (Å²) in [5.41, 5.74) is 0.997. The average molecular weight is 357 g/mol. The van der Waals surface area contributed by atoms with Gasteiger partial charge in [-0.1, -0.05) is 28.1 Å². The molecule has 0 aromatic heterocycles. The molecule has 21 heavy (non-hydrogen) atoms. The Morgan fingerprint density at radius 2 is 1.95 bits per heavy atom. The van der Waals surface area contributed by atoms with Gasteiger partial charge in [0.25, 0.3) is 0 Å². The number of ether oxygens (including phenoxy) is 1. The molecule has 2 unspecified atom stereocenters. The van der Waals surface area contributed by atoms with Gasteiger partial charge in [-0.15, -0.1) is 0 Å². The van der Waals surface area contributed by atoms with Crippen LogP contribution in [0, 0.1) is 0 Å². The van der Waals surface area contributed by atoms with E-state index in [9.17, 15) is 9.59 Å². The number of carbonyl (C=O) groups is 2. The molecule has 1 heterocycles. The predicted octanol–water partition coefficient (Wildman–Crippen LogP) is 1.88. The van der Waals surface area contributed by atoms with Crippen molar-refractivity contribution < 1.29 is 19.4 Å². The van der Waals surface area contributed by atoms with Crippen LogP contribution in [-0.4, -0.2) is 35.9 Å². The van der Waals surface area contributed by atoms with Crippen LogP contribution in [0.1, 0.15) is 18.4 Å². The van der Waals surface area contributed by atoms with Gasteiger partial charge in [-0.2, -0.15) is 0 Å². The number of hydrogen-bond donors (Lipinski definition) is 3. The number of hydrogen-bond acceptors (Lipinski definition) is 3. The monoisotopic (exact) mass is 356 g/mol. The summed E-state index contributed by atoms with van der Waals surface area (Å²) in [6, 6.07) is 7.37. The number of urea groups is 1. The molecule has 3 N–H and O–H groups in total. The number of halogens is 1. The number of amides is 2. The Balaban J connectivity index is 1.66. The molecule has 7 heteroatoms. The maximum absolute atomic E-state index is 11.7. The molecule has 0 aliphatic carbocycles. The summed E-state index contributed by atoms with van der Waals surface area (Å²) in [6.07, 6.45) is 0.152. The van der Waals surface area contributed by atoms with Crippen molar-refractivity contribution in [3.63, 3.8) is 0 Å². The molecule has 1 aliphatic heterocycles. The minimum Gasteiger partial charge on any atom is -0.479 e. The van der Waals surface area contributed by atoms with Gasteiger partial charge in [-0.3, -0.25) is 0 Å². The number of aliphatic carboxylic acids is 1. The van der Waals surface area contributed by atoms with Gasteiger partial charge in [0.1, 0.15) is 0 Å². The van der Waals surface area contributed by atoms with Crippen molar-refractivity contribution in [1.29, 1.82) is 0 Å². The average Bonchev–Trinajstić information content (AvgIpc) is 2.93. The van der Waals surface area contributed by atoms with Gasteiger partial charge >= 0.3 is 12.0 Å². The van der Waals surface area contributed by atoms with Crippen LogP contribution in [0.5, 0.6) is 0 Å². The lowest BCUT2D eigenvalue weighted by Crippen LogP contribution is -2.39. The van der Waals surface area contributed by atoms with Gasteiger partial charge in [-0.25, -0.2) is 9.59 Å². The third kappa shape index (κ3) is 5.02. The van der Waals surface area contributed by atoms with E-state index in [-0.39, 0.29) is 12.1 Å². The van der Waals surface area contributed by atoms with E-state index in [1.54, 1.807) is 0 Å². The third-order valence-electron chi connectivity index (χ3n) is 3.24. The van der Waals surface area contributed by atoms with E-state index in [1.165, 1.54) is 0 Å². The second-order valence-electron chi connectivity index (χ2n) is 4.85. The van der Waals surface area contributed by atoms with Gasteiger partial charge in [-0.05, 0) is 30.5 Å². The number of carboxylic acids is 1. The molecular weight excluding hydrogens is 340 g/mol. The Morgan fingerprint density at radius 1 is 1.24 bits per heavy atom. The van der Waals surface area contributed by atoms with Crippen molar-refractivity contribution in [3.05, 3.63) is 34.3 Å². The molecule has 2 amide bonds. The fourth-order valence-electron chi connectivity index (χ4n) is 2.09. The highest BCUT2D eigenvalue weighted by Crippen LogP contribution is 2.19. The Morgan fingerprint density at radius 3 is 2.57 bits per heavy atom. The SMILES string of the molecule is O=C(NCc1ccc(Br)cc1)NCC1CCC(C(=O)O)O1. The number of rotatable bonds is 5. The van der Waals surface area contributed by atoms with Crippen LogP contribution in [0.15, 0.2) is 28.7 Å². The van der Waals surface area contributed by atoms with E-state index in [4.69, 9.17) is 9.84 Å². The quantitative estimate of drug-likeness (QED) is 0.751. The van der Waals surface area contributed by atoms with Gasteiger partial charge < -0.3 is 20.5 Å². The van der Waals surface area contributed by atoms with Gasteiger partial charge in [0.15, 0.2) is 6.10 Å². The second kappa shape index (κ2) is 7.42. The van der Waals surface area contributed by atoms with Crippen LogP contribution < -0.4 is 10.6 Å². The zero-order valence-corrected chi connectivity index (χ0v) is 12.9. The first kappa shape index (κ1) is 15.8. The summed E-state index contributed by atoms with van der Waals surface area (Å²) in [6.45, 7) is 0.748. The fourth-order valence-corrected chi connectivity index (χ4v) is 2.36. The molecule has 1 aliphatic rings. The van der Waals surface area contributed by atoms with E-state index >= 15 is 0 Å². The summed E-state index contributed by atoms with van der Waals surface area (Å²) in [5, 5.41) is 14.2. The number of benzene rings is 1. The largest absolute Gasteiger partial charge is 0.479 e. The molecule has 114 valence electrons. The topological polar surface area (TPSA) is 87.7 Å². The molecule has 6 nitrogen and oxygen atoms in total. The van der Waals surface area contributed by atoms with Crippen molar-refractivity contribution >= 4 is 27.9 Å². The van der Waals surface area contributed by atoms with Crippen LogP contribution >= 0.6 is 15.9 Å². The summed E-state index contributed by atoms with van der Waals surface area (Å²) < 4.78 is 6.29. The normalized spacial score (nSPS) is 21.0. The van der Waals surface area contributed by atoms with Crippen molar-refractivity contribution in [2.45, 2.75) is 31.6 Å². The fraction of sp³-hybridized carbons (Fsp3) is 0.429. The minimum atomic E-state index is -0.947. The van der Waals surface area contributed by atoms with Crippen molar-refractivity contribution in [3.8, 4) is 0 Å². The molecule has 0 radical (unpaired) electrons. The van der Waals surface area contributed by atoms with Crippen molar-refractivity contribution in [1.82, 2.24) is 10.6 Å². The van der Waals surface area contributed by atoms with Crippen molar-refractivity contribution in [2.75, 3.05) is 6.54 Å². The molecule has 0 saturated carbocycles. The Bertz CT molecular complexity index is 506. The second-order valence-corrected chi connectivity index (χ2v) is 5.77. The molecule has 1 aromatic carbocycles. The number of nitrogens with one attached hydrogen (secondary N) is 2. The lowest BCUT2D eigenvalue weighted by atomic mass is 10.2. The molecule has 2 rings (SSSR count). The van der Waals surface area contributed by atoms with E-state index in [1.807, 2.05) is 24.3 Å². The van der Waals surface area contributed by atoms with Crippen LogP contribution in [0.3, 0.4) is 0 Å². The van der Waals surface area contributed by atoms with Gasteiger partial charge in [0, 0.05) is 17.6 Å². The zero-order valence-electron chi connectivity index (χ0n) is 11.3. The first-order chi connectivity index (χ1) is 10.0. The third-order valence-corrected chi connectivity index (χ3v) is 3.77. The van der Waals surface area contributed by atoms with E-state index in [0.29, 0.717) is 25.9 Å². The first-order valence-corrected chi connectivity index (χ1v) is 7.48. The lowest BCUT2D eigenvalue weighted by Gasteiger charge is -2.13. The highest BCUT2D eigenvalue weighted by atomic mass is 79.9. The zero-order chi connectivity index (χ0) is 15.2. The Labute approximate surface area is 131 Å². The van der Waals surface area contributed by atoms with Crippen molar-refractivity contribution in [2.24, 2.45) is 0 Å². The highest BCUT2D eigenvalue weighted by Gasteiger charge is 2.30. The predicted molar refractivity (Wildman–Crippen MR) is 79.9 cm³/mol. The van der Waals surface area contributed by atoms with Crippen LogP contribution in [0.4, 0.5) is 4.79 Å². The molecule has 2 atom stereocenters.